The van der Waals surface area contributed by atoms with E-state index in [-0.39, 0.29) is 24.8 Å². The van der Waals surface area contributed by atoms with Gasteiger partial charge < -0.3 is 19.3 Å². The number of nitrogens with one attached hydrogen (secondary N) is 1. The number of carboxylic acids is 1. The lowest BCUT2D eigenvalue weighted by molar-refractivity contribution is -0.139. The van der Waals surface area contributed by atoms with Crippen LogP contribution in [-0.2, 0) is 23.8 Å². The molecule has 2 N–H and O–H groups in total. The first-order valence-corrected chi connectivity index (χ1v) is 12.6. The minimum atomic E-state index is -0.758. The van der Waals surface area contributed by atoms with Crippen molar-refractivity contribution in [1.29, 1.82) is 0 Å². The fourth-order valence-electron chi connectivity index (χ4n) is 3.34. The number of alkyl carbamates (subject to hydrolysis) is 1. The largest absolute Gasteiger partial charge is 0.481 e. The van der Waals surface area contributed by atoms with Crippen LogP contribution < -0.4 is 5.32 Å². The summed E-state index contributed by atoms with van der Waals surface area (Å²) in [6.45, 7) is 9.31. The molecule has 196 valence electrons. The summed E-state index contributed by atoms with van der Waals surface area (Å²) in [5.74, 6) is -1.34. The van der Waals surface area contributed by atoms with Crippen molar-refractivity contribution in [2.45, 2.75) is 110 Å². The number of carboxylic acid groups (broad SMARTS) is 1. The number of hydrogen-bond acceptors (Lipinski definition) is 6. The molecule has 34 heavy (non-hydrogen) atoms. The monoisotopic (exact) mass is 483 g/mol. The van der Waals surface area contributed by atoms with Gasteiger partial charge in [-0.1, -0.05) is 64.2 Å². The van der Waals surface area contributed by atoms with Crippen molar-refractivity contribution in [2.24, 2.45) is 0 Å². The molecule has 0 aliphatic carbocycles. The van der Waals surface area contributed by atoms with Crippen LogP contribution in [0.15, 0.2) is 24.3 Å². The maximum Gasteiger partial charge on any atom is 0.410 e. The van der Waals surface area contributed by atoms with Crippen LogP contribution in [0.25, 0.3) is 0 Å². The van der Waals surface area contributed by atoms with Gasteiger partial charge in [-0.05, 0) is 39.5 Å². The Hall–Kier alpha value is -2.35. The molecule has 0 spiro atoms. The van der Waals surface area contributed by atoms with Crippen molar-refractivity contribution in [2.75, 3.05) is 13.3 Å². The van der Waals surface area contributed by atoms with Crippen LogP contribution in [0.3, 0.4) is 0 Å². The van der Waals surface area contributed by atoms with E-state index in [4.69, 9.17) is 19.3 Å². The van der Waals surface area contributed by atoms with E-state index in [1.165, 1.54) is 19.8 Å². The smallest absolute Gasteiger partial charge is 0.410 e. The van der Waals surface area contributed by atoms with E-state index in [1.807, 2.05) is 13.0 Å². The summed E-state index contributed by atoms with van der Waals surface area (Å²) in [6.07, 6.45) is 13.1. The molecular weight excluding hydrogens is 438 g/mol. The van der Waals surface area contributed by atoms with Crippen LogP contribution in [0.5, 0.6) is 0 Å². The number of rotatable bonds is 21. The Labute approximate surface area is 205 Å². The van der Waals surface area contributed by atoms with Crippen LogP contribution in [-0.4, -0.2) is 48.7 Å². The highest BCUT2D eigenvalue weighted by molar-refractivity contribution is 5.87. The van der Waals surface area contributed by atoms with Crippen molar-refractivity contribution < 1.29 is 33.7 Å². The van der Waals surface area contributed by atoms with Crippen LogP contribution >= 0.6 is 0 Å². The van der Waals surface area contributed by atoms with E-state index in [9.17, 15) is 14.4 Å². The minimum absolute atomic E-state index is 0.207. The van der Waals surface area contributed by atoms with Gasteiger partial charge >= 0.3 is 18.0 Å². The second-order valence-corrected chi connectivity index (χ2v) is 8.37. The molecule has 0 aliphatic rings. The lowest BCUT2D eigenvalue weighted by atomic mass is 10.0. The van der Waals surface area contributed by atoms with Crippen LogP contribution in [0.4, 0.5) is 4.79 Å². The predicted molar refractivity (Wildman–Crippen MR) is 132 cm³/mol. The summed E-state index contributed by atoms with van der Waals surface area (Å²) < 4.78 is 16.5. The number of unbranched alkanes of at least 4 members (excludes halogenated alkanes) is 7. The number of hydrogen-bond donors (Lipinski definition) is 2. The first-order chi connectivity index (χ1) is 16.3. The molecule has 0 rings (SSSR count). The molecule has 2 unspecified atom stereocenters. The Bertz CT molecular complexity index is 618. The van der Waals surface area contributed by atoms with Gasteiger partial charge in [-0.25, -0.2) is 9.59 Å². The quantitative estimate of drug-likeness (QED) is 0.0687. The van der Waals surface area contributed by atoms with Crippen LogP contribution in [0.1, 0.15) is 97.8 Å². The first kappa shape index (κ1) is 31.6. The maximum atomic E-state index is 12.3. The molecule has 2 atom stereocenters. The number of carbonyl (C=O) groups excluding carboxylic acids is 2. The molecule has 0 aromatic rings. The molecule has 0 radical (unpaired) electrons. The van der Waals surface area contributed by atoms with Gasteiger partial charge in [0, 0.05) is 25.0 Å². The number of ether oxygens (including phenoxy) is 3. The van der Waals surface area contributed by atoms with Gasteiger partial charge in [0.25, 0.3) is 0 Å². The third-order valence-corrected chi connectivity index (χ3v) is 5.21. The number of carbonyl (C=O) groups is 3. The summed E-state index contributed by atoms with van der Waals surface area (Å²) in [5, 5.41) is 11.2. The Morgan fingerprint density at radius 1 is 0.971 bits per heavy atom. The normalized spacial score (nSPS) is 12.8. The summed E-state index contributed by atoms with van der Waals surface area (Å²) in [6, 6.07) is 0. The van der Waals surface area contributed by atoms with Crippen molar-refractivity contribution in [3.63, 3.8) is 0 Å². The molecule has 0 saturated heterocycles. The van der Waals surface area contributed by atoms with E-state index in [1.54, 1.807) is 0 Å². The Kier molecular flexibility index (Phi) is 19.7. The number of amides is 1. The third kappa shape index (κ3) is 18.1. The fourth-order valence-corrected chi connectivity index (χ4v) is 3.34. The number of aliphatic carboxylic acids is 1. The third-order valence-electron chi connectivity index (χ3n) is 5.21. The molecule has 0 heterocycles. The summed E-state index contributed by atoms with van der Waals surface area (Å²) in [5.41, 5.74) is 0.251. The Morgan fingerprint density at radius 2 is 1.68 bits per heavy atom. The van der Waals surface area contributed by atoms with Gasteiger partial charge in [-0.15, -0.1) is 0 Å². The zero-order chi connectivity index (χ0) is 25.6. The maximum absolute atomic E-state index is 12.3. The Morgan fingerprint density at radius 3 is 2.32 bits per heavy atom. The summed E-state index contributed by atoms with van der Waals surface area (Å²) >= 11 is 0. The zero-order valence-corrected chi connectivity index (χ0v) is 21.3. The summed E-state index contributed by atoms with van der Waals surface area (Å²) in [4.78, 5) is 34.4. The number of esters is 1. The second-order valence-electron chi connectivity index (χ2n) is 8.37. The van der Waals surface area contributed by atoms with E-state index >= 15 is 0 Å². The average Bonchev–Trinajstić information content (AvgIpc) is 2.78. The highest BCUT2D eigenvalue weighted by atomic mass is 16.6. The zero-order valence-electron chi connectivity index (χ0n) is 21.3. The van der Waals surface area contributed by atoms with Gasteiger partial charge in [-0.3, -0.25) is 10.1 Å². The first-order valence-electron chi connectivity index (χ1n) is 12.6. The van der Waals surface area contributed by atoms with Crippen LogP contribution in [0.2, 0.25) is 0 Å². The molecule has 0 bridgehead atoms. The van der Waals surface area contributed by atoms with E-state index in [0.29, 0.717) is 19.4 Å². The van der Waals surface area contributed by atoms with Gasteiger partial charge in [0.15, 0.2) is 6.73 Å². The molecular formula is C26H45NO7. The molecule has 0 aromatic carbocycles. The molecule has 8 nitrogen and oxygen atoms in total. The fraction of sp³-hybridized carbons (Fsp3) is 0.731. The minimum Gasteiger partial charge on any atom is -0.481 e. The standard InChI is InChI=1S/C26H45NO7/c1-5-7-8-9-11-15-18-23(34-26(31)27-20-33-25(30)21(3)4)22(32-6-2)17-14-12-10-13-16-19-24(28)29/h11,15,22-23H,3,5-10,12-14,16-20H2,1-2,4H3,(H,27,31)(H,28,29)/b15-11+. The highest BCUT2D eigenvalue weighted by Crippen LogP contribution is 2.18. The molecule has 8 heteroatoms. The van der Waals surface area contributed by atoms with Gasteiger partial charge in [0.1, 0.15) is 6.10 Å². The van der Waals surface area contributed by atoms with Crippen molar-refractivity contribution in [1.82, 2.24) is 5.32 Å². The van der Waals surface area contributed by atoms with Gasteiger partial charge in [-0.2, -0.15) is 0 Å². The lowest BCUT2D eigenvalue weighted by Crippen LogP contribution is -2.38. The van der Waals surface area contributed by atoms with Gasteiger partial charge in [0.05, 0.1) is 6.10 Å². The molecule has 0 aliphatic heterocycles. The second kappa shape index (κ2) is 21.2. The SMILES string of the molecule is C=C(C)C(=O)OCNC(=O)OC(C/C=C/CCCCC)C(CCCCCCCC(=O)O)OCC. The predicted octanol–water partition coefficient (Wildman–Crippen LogP) is 5.91. The van der Waals surface area contributed by atoms with E-state index in [2.05, 4.69) is 24.9 Å². The van der Waals surface area contributed by atoms with Crippen molar-refractivity contribution in [3.05, 3.63) is 24.3 Å². The van der Waals surface area contributed by atoms with E-state index in [0.717, 1.165) is 44.9 Å². The average molecular weight is 484 g/mol. The highest BCUT2D eigenvalue weighted by Gasteiger charge is 2.25. The van der Waals surface area contributed by atoms with Gasteiger partial charge in [0.2, 0.25) is 0 Å². The molecule has 0 saturated carbocycles. The summed E-state index contributed by atoms with van der Waals surface area (Å²) in [7, 11) is 0. The molecule has 1 amide bonds. The van der Waals surface area contributed by atoms with Crippen molar-refractivity contribution >= 4 is 18.0 Å². The van der Waals surface area contributed by atoms with Crippen molar-refractivity contribution in [3.8, 4) is 0 Å². The molecule has 0 fully saturated rings. The molecule has 0 aromatic heterocycles. The lowest BCUT2D eigenvalue weighted by Gasteiger charge is -2.26. The topological polar surface area (TPSA) is 111 Å². The number of allylic oxidation sites excluding steroid dienone is 1. The van der Waals surface area contributed by atoms with E-state index < -0.39 is 24.1 Å². The Balaban J connectivity index is 4.79. The van der Waals surface area contributed by atoms with Crippen LogP contribution in [0, 0.1) is 0 Å².